The lowest BCUT2D eigenvalue weighted by molar-refractivity contribution is -0.0881. The number of phosphoric ester groups is 1. The molecule has 6 aliphatic rings. The van der Waals surface area contributed by atoms with E-state index in [9.17, 15) is 14.8 Å². The third-order valence-electron chi connectivity index (χ3n) is 8.35. The molecule has 5 aliphatic heterocycles. The van der Waals surface area contributed by atoms with E-state index in [1.807, 2.05) is 11.1 Å². The minimum absolute atomic E-state index is 0.394. The Morgan fingerprint density at radius 3 is 2.74 bits per heavy atom. The first-order valence-electron chi connectivity index (χ1n) is 11.8. The van der Waals surface area contributed by atoms with E-state index < -0.39 is 55.6 Å². The number of amidine groups is 1. The van der Waals surface area contributed by atoms with Crippen LogP contribution < -0.4 is 5.73 Å². The van der Waals surface area contributed by atoms with Crippen LogP contribution in [0.4, 0.5) is 0 Å². The number of nitrogens with two attached hydrogens (primary N) is 1. The molecule has 0 amide bonds. The zero-order chi connectivity index (χ0) is 23.9. The second-order valence-corrected chi connectivity index (χ2v) is 11.6. The first-order valence-corrected chi connectivity index (χ1v) is 13.3. The molecule has 0 aromatic carbocycles. The predicted octanol–water partition coefficient (Wildman–Crippen LogP) is -0.0400. The topological polar surface area (TPSA) is 183 Å². The van der Waals surface area contributed by atoms with Crippen molar-refractivity contribution in [1.82, 2.24) is 4.90 Å². The maximum absolute atomic E-state index is 11.1. The third kappa shape index (κ3) is 3.20. The SMILES string of the molecule is NC1=NC23C=NC45C[C@@]4(CCCCCC2)N(C2OC(COP(=O)(O)O)C(O)C2O)C=NC1=C5C3. The van der Waals surface area contributed by atoms with E-state index in [1.54, 1.807) is 6.34 Å². The highest BCUT2D eigenvalue weighted by molar-refractivity contribution is 7.46. The highest BCUT2D eigenvalue weighted by Gasteiger charge is 2.76. The van der Waals surface area contributed by atoms with Crippen molar-refractivity contribution in [3.05, 3.63) is 11.3 Å². The van der Waals surface area contributed by atoms with Gasteiger partial charge in [-0.05, 0) is 18.4 Å². The summed E-state index contributed by atoms with van der Waals surface area (Å²) in [6.45, 7) is -0.558. The fourth-order valence-corrected chi connectivity index (χ4v) is 6.97. The number of hydrogen-bond acceptors (Lipinski definition) is 10. The van der Waals surface area contributed by atoms with Gasteiger partial charge in [-0.2, -0.15) is 0 Å². The summed E-state index contributed by atoms with van der Waals surface area (Å²) in [4.78, 5) is 34.5. The highest BCUT2D eigenvalue weighted by Crippen LogP contribution is 2.67. The molecule has 1 saturated carbocycles. The number of dihydropyridines is 1. The molecule has 34 heavy (non-hydrogen) atoms. The molecule has 12 nitrogen and oxygen atoms in total. The van der Waals surface area contributed by atoms with Crippen molar-refractivity contribution in [2.45, 2.75) is 92.5 Å². The Morgan fingerprint density at radius 1 is 1.21 bits per heavy atom. The molecule has 3 bridgehead atoms. The molecule has 6 N–H and O–H groups in total. The van der Waals surface area contributed by atoms with Gasteiger partial charge < -0.3 is 35.4 Å². The summed E-state index contributed by atoms with van der Waals surface area (Å²) < 4.78 is 21.6. The average Bonchev–Trinajstić information content (AvgIpc) is 3.36. The quantitative estimate of drug-likeness (QED) is 0.334. The maximum Gasteiger partial charge on any atom is 0.469 e. The van der Waals surface area contributed by atoms with Crippen molar-refractivity contribution < 1.29 is 33.8 Å². The highest BCUT2D eigenvalue weighted by atomic mass is 31.2. The van der Waals surface area contributed by atoms with Crippen molar-refractivity contribution >= 4 is 26.2 Å². The molecular weight excluding hydrogens is 465 g/mol. The van der Waals surface area contributed by atoms with Gasteiger partial charge in [0.05, 0.1) is 18.5 Å². The number of aliphatic imine (C=N–C) groups is 3. The van der Waals surface area contributed by atoms with Gasteiger partial charge in [0.2, 0.25) is 0 Å². The Bertz CT molecular complexity index is 1070. The van der Waals surface area contributed by atoms with Crippen LogP contribution in [0.2, 0.25) is 0 Å². The molecule has 1 aliphatic carbocycles. The Labute approximate surface area is 196 Å². The van der Waals surface area contributed by atoms with Crippen molar-refractivity contribution in [3.8, 4) is 0 Å². The Hall–Kier alpha value is -1.66. The maximum atomic E-state index is 11.1. The van der Waals surface area contributed by atoms with Gasteiger partial charge in [0.15, 0.2) is 6.23 Å². The van der Waals surface area contributed by atoms with Crippen LogP contribution in [0.1, 0.15) is 51.4 Å². The summed E-state index contributed by atoms with van der Waals surface area (Å²) in [5.41, 5.74) is 6.64. The average molecular weight is 495 g/mol. The van der Waals surface area contributed by atoms with Crippen LogP contribution in [0, 0.1) is 0 Å². The normalized spacial score (nSPS) is 45.2. The third-order valence-corrected chi connectivity index (χ3v) is 8.83. The largest absolute Gasteiger partial charge is 0.469 e. The van der Waals surface area contributed by atoms with Crippen LogP contribution >= 0.6 is 7.82 Å². The second kappa shape index (κ2) is 7.42. The number of nitrogens with zero attached hydrogens (tertiary/aromatic N) is 4. The standard InChI is InChI=1S/C21H30N5O7P/c22-17-14-12-7-19(25-17)5-3-1-2-4-6-20(9-21(12,20)24-10-19)26(11-23-14)18-16(28)15(27)13(33-18)8-32-34(29,30)31/h10-11,13,15-16,18,27-28H,1-9H2,(H2,22,25)(H2,29,30,31)/t13?,15?,16?,18?,19?,20-,21?/m1/s1. The fraction of sp³-hybridized carbons (Fsp3) is 0.762. The lowest BCUT2D eigenvalue weighted by Crippen LogP contribution is -2.54. The van der Waals surface area contributed by atoms with Crippen molar-refractivity contribution in [2.75, 3.05) is 6.61 Å². The number of ether oxygens (including phenoxy) is 1. The molecule has 6 rings (SSSR count). The lowest BCUT2D eigenvalue weighted by atomic mass is 9.77. The van der Waals surface area contributed by atoms with Gasteiger partial charge in [-0.25, -0.2) is 9.56 Å². The molecule has 0 radical (unpaired) electrons. The van der Waals surface area contributed by atoms with Gasteiger partial charge in [0.25, 0.3) is 0 Å². The molecule has 6 unspecified atom stereocenters. The zero-order valence-corrected chi connectivity index (χ0v) is 19.5. The summed E-state index contributed by atoms with van der Waals surface area (Å²) in [5.74, 6) is 0.394. The Balaban J connectivity index is 1.39. The number of aliphatic hydroxyl groups excluding tert-OH is 2. The second-order valence-electron chi connectivity index (χ2n) is 10.3. The molecule has 1 saturated heterocycles. The number of hydrogen-bond donors (Lipinski definition) is 5. The Kier molecular flexibility index (Phi) is 4.97. The summed E-state index contributed by atoms with van der Waals surface area (Å²) in [6.07, 6.45) is 5.99. The lowest BCUT2D eigenvalue weighted by Gasteiger charge is -2.42. The molecule has 0 aromatic rings. The van der Waals surface area contributed by atoms with Crippen LogP contribution in [0.25, 0.3) is 0 Å². The molecule has 186 valence electrons. The van der Waals surface area contributed by atoms with E-state index in [2.05, 4.69) is 9.52 Å². The molecule has 2 fully saturated rings. The van der Waals surface area contributed by atoms with Crippen LogP contribution in [0.3, 0.4) is 0 Å². The molecule has 7 atom stereocenters. The number of rotatable bonds is 4. The number of aliphatic hydroxyl groups is 2. The van der Waals surface area contributed by atoms with Crippen LogP contribution in [-0.2, 0) is 13.8 Å². The molecule has 5 heterocycles. The monoisotopic (exact) mass is 495 g/mol. The van der Waals surface area contributed by atoms with E-state index in [0.29, 0.717) is 18.0 Å². The molecule has 0 aromatic heterocycles. The van der Waals surface area contributed by atoms with E-state index >= 15 is 0 Å². The van der Waals surface area contributed by atoms with Crippen LogP contribution in [-0.4, -0.2) is 91.1 Å². The Morgan fingerprint density at radius 2 is 1.97 bits per heavy atom. The summed E-state index contributed by atoms with van der Waals surface area (Å²) in [6, 6.07) is 0. The van der Waals surface area contributed by atoms with Gasteiger partial charge in [-0.1, -0.05) is 25.7 Å². The van der Waals surface area contributed by atoms with Gasteiger partial charge in [-0.15, -0.1) is 0 Å². The van der Waals surface area contributed by atoms with E-state index in [0.717, 1.165) is 50.5 Å². The number of phosphoric acid groups is 1. The summed E-state index contributed by atoms with van der Waals surface area (Å²) in [7, 11) is -4.76. The minimum Gasteiger partial charge on any atom is -0.387 e. The molecule has 13 heteroatoms. The summed E-state index contributed by atoms with van der Waals surface area (Å²) >= 11 is 0. The van der Waals surface area contributed by atoms with Crippen molar-refractivity contribution in [3.63, 3.8) is 0 Å². The first-order chi connectivity index (χ1) is 16.1. The minimum atomic E-state index is -4.76. The molecular formula is C21H30N5O7P. The predicted molar refractivity (Wildman–Crippen MR) is 121 cm³/mol. The fourth-order valence-electron chi connectivity index (χ4n) is 6.63. The van der Waals surface area contributed by atoms with Gasteiger partial charge in [-0.3, -0.25) is 14.5 Å². The summed E-state index contributed by atoms with van der Waals surface area (Å²) in [5, 5.41) is 21.5. The van der Waals surface area contributed by atoms with Crippen LogP contribution in [0.15, 0.2) is 26.2 Å². The first kappa shape index (κ1) is 22.8. The van der Waals surface area contributed by atoms with Crippen molar-refractivity contribution in [2.24, 2.45) is 20.7 Å². The van der Waals surface area contributed by atoms with Gasteiger partial charge >= 0.3 is 7.82 Å². The van der Waals surface area contributed by atoms with Crippen LogP contribution in [0.5, 0.6) is 0 Å². The van der Waals surface area contributed by atoms with Gasteiger partial charge in [0, 0.05) is 19.1 Å². The molecule has 2 spiro atoms. The van der Waals surface area contributed by atoms with E-state index in [1.165, 1.54) is 0 Å². The van der Waals surface area contributed by atoms with Gasteiger partial charge in [0.1, 0.15) is 40.9 Å². The van der Waals surface area contributed by atoms with E-state index in [-0.39, 0.29) is 0 Å². The van der Waals surface area contributed by atoms with E-state index in [4.69, 9.17) is 30.2 Å². The zero-order valence-electron chi connectivity index (χ0n) is 18.7. The van der Waals surface area contributed by atoms with Crippen molar-refractivity contribution in [1.29, 1.82) is 0 Å². The smallest absolute Gasteiger partial charge is 0.387 e.